The van der Waals surface area contributed by atoms with E-state index in [9.17, 15) is 13.2 Å². The van der Waals surface area contributed by atoms with Gasteiger partial charge >= 0.3 is 0 Å². The average molecular weight is 611 g/mol. The third-order valence-corrected chi connectivity index (χ3v) is 11.0. The van der Waals surface area contributed by atoms with E-state index in [-0.39, 0.29) is 23.2 Å². The highest BCUT2D eigenvalue weighted by Crippen LogP contribution is 2.35. The van der Waals surface area contributed by atoms with Crippen LogP contribution in [0.4, 0.5) is 5.13 Å². The Morgan fingerprint density at radius 2 is 1.79 bits per heavy atom. The van der Waals surface area contributed by atoms with E-state index in [0.29, 0.717) is 56.0 Å². The minimum atomic E-state index is -3.57. The number of para-hydroxylation sites is 1. The third kappa shape index (κ3) is 6.78. The van der Waals surface area contributed by atoms with Gasteiger partial charge in [0, 0.05) is 49.7 Å². The van der Waals surface area contributed by atoms with Crippen molar-refractivity contribution in [1.82, 2.24) is 14.2 Å². The van der Waals surface area contributed by atoms with Crippen LogP contribution in [-0.4, -0.2) is 87.3 Å². The standard InChI is InChI=1S/C27H34N4O4S3.ClH/c1-20-10-12-30(13-11-20)38(33,34)22-8-6-21(7-9-22)26(32)31(15-14-29-16-18-35-19-17-29)27-28-25-23(36-2)4-3-5-24(25)37-27;/h3-9,20H,10-19H2,1-2H3;1H. The van der Waals surface area contributed by atoms with Crippen LogP contribution in [0.5, 0.6) is 0 Å². The number of morpholine rings is 1. The molecule has 8 nitrogen and oxygen atoms in total. The first kappa shape index (κ1) is 30.2. The van der Waals surface area contributed by atoms with Gasteiger partial charge in [-0.3, -0.25) is 14.6 Å². The molecule has 1 aromatic heterocycles. The summed E-state index contributed by atoms with van der Waals surface area (Å²) in [4.78, 5) is 24.0. The molecule has 0 radical (unpaired) electrons. The number of carbonyl (C=O) groups is 1. The fourth-order valence-corrected chi connectivity index (χ4v) is 7.96. The summed E-state index contributed by atoms with van der Waals surface area (Å²) in [6.45, 7) is 7.48. The van der Waals surface area contributed by atoms with Crippen molar-refractivity contribution in [2.45, 2.75) is 29.6 Å². The van der Waals surface area contributed by atoms with Gasteiger partial charge in [0.1, 0.15) is 0 Å². The summed E-state index contributed by atoms with van der Waals surface area (Å²) in [6, 6.07) is 12.5. The van der Waals surface area contributed by atoms with Crippen LogP contribution in [0.25, 0.3) is 10.2 Å². The zero-order valence-corrected chi connectivity index (χ0v) is 25.5. The predicted octanol–water partition coefficient (Wildman–Crippen LogP) is 4.84. The summed E-state index contributed by atoms with van der Waals surface area (Å²) in [7, 11) is -3.57. The Morgan fingerprint density at radius 3 is 2.46 bits per heavy atom. The highest BCUT2D eigenvalue weighted by atomic mass is 35.5. The van der Waals surface area contributed by atoms with E-state index in [1.807, 2.05) is 24.5 Å². The molecule has 0 unspecified atom stereocenters. The van der Waals surface area contributed by atoms with Crippen molar-refractivity contribution in [3.8, 4) is 0 Å². The summed E-state index contributed by atoms with van der Waals surface area (Å²) in [5.41, 5.74) is 1.35. The minimum absolute atomic E-state index is 0. The maximum absolute atomic E-state index is 13.8. The quantitative estimate of drug-likeness (QED) is 0.338. The number of aromatic nitrogens is 1. The van der Waals surface area contributed by atoms with Gasteiger partial charge in [-0.2, -0.15) is 4.31 Å². The number of nitrogens with zero attached hydrogens (tertiary/aromatic N) is 4. The van der Waals surface area contributed by atoms with Gasteiger partial charge in [0.05, 0.1) is 28.3 Å². The maximum Gasteiger partial charge on any atom is 0.260 e. The Kier molecular flexibility index (Phi) is 10.3. The number of hydrogen-bond acceptors (Lipinski definition) is 8. The number of ether oxygens (including phenoxy) is 1. The fraction of sp³-hybridized carbons (Fsp3) is 0.481. The predicted molar refractivity (Wildman–Crippen MR) is 161 cm³/mol. The molecule has 5 rings (SSSR count). The van der Waals surface area contributed by atoms with Crippen LogP contribution in [0.1, 0.15) is 30.1 Å². The van der Waals surface area contributed by atoms with E-state index < -0.39 is 10.0 Å². The number of thioether (sulfide) groups is 1. The van der Waals surface area contributed by atoms with Gasteiger partial charge in [-0.05, 0) is 61.4 Å². The van der Waals surface area contributed by atoms with E-state index in [2.05, 4.69) is 11.8 Å². The first-order valence-electron chi connectivity index (χ1n) is 13.0. The summed E-state index contributed by atoms with van der Waals surface area (Å²) >= 11 is 3.14. The number of piperidine rings is 1. The van der Waals surface area contributed by atoms with Gasteiger partial charge in [-0.1, -0.05) is 24.3 Å². The second-order valence-corrected chi connectivity index (χ2v) is 13.6. The number of thiazole rings is 1. The summed E-state index contributed by atoms with van der Waals surface area (Å²) < 4.78 is 34.4. The molecule has 0 N–H and O–H groups in total. The monoisotopic (exact) mass is 610 g/mol. The van der Waals surface area contributed by atoms with Crippen LogP contribution >= 0.6 is 35.5 Å². The lowest BCUT2D eigenvalue weighted by molar-refractivity contribution is 0.0391. The van der Waals surface area contributed by atoms with E-state index in [4.69, 9.17) is 9.72 Å². The van der Waals surface area contributed by atoms with Gasteiger partial charge in [0.15, 0.2) is 5.13 Å². The number of hydrogen-bond donors (Lipinski definition) is 0. The maximum atomic E-state index is 13.8. The van der Waals surface area contributed by atoms with E-state index in [1.165, 1.54) is 11.3 Å². The highest BCUT2D eigenvalue weighted by molar-refractivity contribution is 7.98. The number of benzene rings is 2. The number of halogens is 1. The second kappa shape index (κ2) is 13.3. The summed E-state index contributed by atoms with van der Waals surface area (Å²) in [6.07, 6.45) is 3.76. The molecule has 0 saturated carbocycles. The van der Waals surface area contributed by atoms with Gasteiger partial charge in [0.2, 0.25) is 10.0 Å². The first-order valence-corrected chi connectivity index (χ1v) is 16.5. The van der Waals surface area contributed by atoms with Gasteiger partial charge in [0.25, 0.3) is 5.91 Å². The molecule has 2 fully saturated rings. The molecule has 39 heavy (non-hydrogen) atoms. The number of fused-ring (bicyclic) bond motifs is 1. The molecule has 0 atom stereocenters. The van der Waals surface area contributed by atoms with Crippen LogP contribution < -0.4 is 4.90 Å². The molecule has 2 aliphatic heterocycles. The van der Waals surface area contributed by atoms with Gasteiger partial charge in [-0.25, -0.2) is 13.4 Å². The number of anilines is 1. The lowest BCUT2D eigenvalue weighted by atomic mass is 10.0. The Bertz CT molecular complexity index is 1370. The lowest BCUT2D eigenvalue weighted by Gasteiger charge is -2.29. The van der Waals surface area contributed by atoms with Crippen molar-refractivity contribution in [3.63, 3.8) is 0 Å². The van der Waals surface area contributed by atoms with Crippen molar-refractivity contribution in [2.75, 3.05) is 63.6 Å². The number of amides is 1. The molecule has 0 aliphatic carbocycles. The number of sulfonamides is 1. The Balaban J connectivity index is 0.00000353. The van der Waals surface area contributed by atoms with Gasteiger partial charge < -0.3 is 4.74 Å². The van der Waals surface area contributed by atoms with E-state index in [0.717, 1.165) is 41.0 Å². The van der Waals surface area contributed by atoms with E-state index >= 15 is 0 Å². The van der Waals surface area contributed by atoms with Crippen LogP contribution in [-0.2, 0) is 14.8 Å². The lowest BCUT2D eigenvalue weighted by Crippen LogP contribution is -2.43. The van der Waals surface area contributed by atoms with Crippen molar-refractivity contribution in [2.24, 2.45) is 5.92 Å². The molecule has 3 heterocycles. The Hall–Kier alpha value is -1.73. The Labute approximate surface area is 245 Å². The zero-order valence-electron chi connectivity index (χ0n) is 22.2. The van der Waals surface area contributed by atoms with Crippen LogP contribution in [0.2, 0.25) is 0 Å². The van der Waals surface area contributed by atoms with Crippen molar-refractivity contribution < 1.29 is 17.9 Å². The number of rotatable bonds is 8. The highest BCUT2D eigenvalue weighted by Gasteiger charge is 2.29. The normalized spacial score (nSPS) is 17.7. The molecule has 212 valence electrons. The zero-order chi connectivity index (χ0) is 26.7. The molecular formula is C27H35ClN4O4S3. The molecule has 3 aromatic rings. The SMILES string of the molecule is CSc1cccc2sc(N(CCN3CCOCC3)C(=O)c3ccc(S(=O)(=O)N4CCC(C)CC4)cc3)nc12.Cl. The molecular weight excluding hydrogens is 576 g/mol. The minimum Gasteiger partial charge on any atom is -0.379 e. The first-order chi connectivity index (χ1) is 18.4. The molecule has 2 aliphatic rings. The van der Waals surface area contributed by atoms with Crippen molar-refractivity contribution in [1.29, 1.82) is 0 Å². The molecule has 2 saturated heterocycles. The molecule has 0 spiro atoms. The molecule has 2 aromatic carbocycles. The van der Waals surface area contributed by atoms with Crippen molar-refractivity contribution in [3.05, 3.63) is 48.0 Å². The largest absolute Gasteiger partial charge is 0.379 e. The molecule has 0 bridgehead atoms. The molecule has 12 heteroatoms. The van der Waals surface area contributed by atoms with Crippen LogP contribution in [0.15, 0.2) is 52.3 Å². The second-order valence-electron chi connectivity index (χ2n) is 9.83. The topological polar surface area (TPSA) is 83.0 Å². The average Bonchev–Trinajstić information content (AvgIpc) is 3.38. The summed E-state index contributed by atoms with van der Waals surface area (Å²) in [5.74, 6) is 0.359. The van der Waals surface area contributed by atoms with Crippen molar-refractivity contribution >= 4 is 66.8 Å². The number of carbonyl (C=O) groups excluding carboxylic acids is 1. The van der Waals surface area contributed by atoms with Gasteiger partial charge in [-0.15, -0.1) is 24.2 Å². The molecule has 1 amide bonds. The van der Waals surface area contributed by atoms with Crippen LogP contribution in [0.3, 0.4) is 0 Å². The smallest absolute Gasteiger partial charge is 0.260 e. The fourth-order valence-electron chi connectivity index (χ4n) is 4.84. The van der Waals surface area contributed by atoms with Crippen LogP contribution in [0, 0.1) is 5.92 Å². The third-order valence-electron chi connectivity index (χ3n) is 7.29. The Morgan fingerprint density at radius 1 is 1.10 bits per heavy atom. The van der Waals surface area contributed by atoms with E-state index in [1.54, 1.807) is 45.2 Å². The summed E-state index contributed by atoms with van der Waals surface area (Å²) in [5, 5.41) is 0.652.